The van der Waals surface area contributed by atoms with Crippen molar-refractivity contribution in [2.45, 2.75) is 51.8 Å². The zero-order valence-electron chi connectivity index (χ0n) is 20.2. The Balaban J connectivity index is 2.06. The van der Waals surface area contributed by atoms with E-state index < -0.39 is 11.0 Å². The predicted octanol–water partition coefficient (Wildman–Crippen LogP) is 4.60. The standard InChI is InChI=1S/C24H33N5O3S/c1-8-10-13-32-21-15-20(27-28-12-11-25-23(21)28)18-14-19(26-16-22(18)31-7)17(3)29(9-2)33(30)24(4,5)6/h8,11-12,14-17H,1,9-10,13H2,2-7H3/t17-,33?/m1/s1. The maximum absolute atomic E-state index is 13.1. The zero-order chi connectivity index (χ0) is 24.2. The number of pyridine rings is 1. The first-order chi connectivity index (χ1) is 15.7. The van der Waals surface area contributed by atoms with Gasteiger partial charge in [-0.3, -0.25) is 4.98 Å². The van der Waals surface area contributed by atoms with Crippen molar-refractivity contribution in [1.29, 1.82) is 0 Å². The van der Waals surface area contributed by atoms with Crippen LogP contribution in [0.4, 0.5) is 0 Å². The van der Waals surface area contributed by atoms with Gasteiger partial charge in [0.15, 0.2) is 11.4 Å². The summed E-state index contributed by atoms with van der Waals surface area (Å²) in [7, 11) is 0.425. The summed E-state index contributed by atoms with van der Waals surface area (Å²) < 4.78 is 27.9. The van der Waals surface area contributed by atoms with Crippen molar-refractivity contribution in [3.63, 3.8) is 0 Å². The van der Waals surface area contributed by atoms with Gasteiger partial charge in [-0.1, -0.05) is 13.0 Å². The van der Waals surface area contributed by atoms with E-state index in [1.807, 2.05) is 57.1 Å². The van der Waals surface area contributed by atoms with Crippen LogP contribution in [0.1, 0.15) is 52.8 Å². The summed E-state index contributed by atoms with van der Waals surface area (Å²) in [6.45, 7) is 14.8. The minimum atomic E-state index is -1.18. The Morgan fingerprint density at radius 2 is 2.03 bits per heavy atom. The second-order valence-electron chi connectivity index (χ2n) is 8.60. The molecule has 3 aromatic rings. The molecule has 0 aliphatic rings. The maximum Gasteiger partial charge on any atom is 0.196 e. The Bertz CT molecular complexity index is 1140. The van der Waals surface area contributed by atoms with E-state index >= 15 is 0 Å². The van der Waals surface area contributed by atoms with Crippen LogP contribution < -0.4 is 9.47 Å². The lowest BCUT2D eigenvalue weighted by atomic mass is 10.1. The molecule has 0 radical (unpaired) electrons. The summed E-state index contributed by atoms with van der Waals surface area (Å²) >= 11 is 0. The van der Waals surface area contributed by atoms with Crippen LogP contribution in [0.3, 0.4) is 0 Å². The molecule has 2 atom stereocenters. The largest absolute Gasteiger partial charge is 0.494 e. The molecule has 0 aliphatic carbocycles. The lowest BCUT2D eigenvalue weighted by Gasteiger charge is -2.32. The number of fused-ring (bicyclic) bond motifs is 1. The Hall–Kier alpha value is -2.78. The molecule has 0 amide bonds. The van der Waals surface area contributed by atoms with E-state index in [1.165, 1.54) is 0 Å². The predicted molar refractivity (Wildman–Crippen MR) is 132 cm³/mol. The molecule has 3 heterocycles. The van der Waals surface area contributed by atoms with Gasteiger partial charge in [-0.2, -0.15) is 5.10 Å². The van der Waals surface area contributed by atoms with Gasteiger partial charge < -0.3 is 9.47 Å². The Labute approximate surface area is 198 Å². The van der Waals surface area contributed by atoms with Crippen molar-refractivity contribution in [3.8, 4) is 22.8 Å². The molecular formula is C24H33N5O3S. The van der Waals surface area contributed by atoms with Crippen LogP contribution in [0.25, 0.3) is 16.9 Å². The molecule has 0 N–H and O–H groups in total. The molecule has 0 fully saturated rings. The van der Waals surface area contributed by atoms with Crippen molar-refractivity contribution in [1.82, 2.24) is 23.9 Å². The Morgan fingerprint density at radius 3 is 2.67 bits per heavy atom. The fraction of sp³-hybridized carbons (Fsp3) is 0.458. The smallest absolute Gasteiger partial charge is 0.196 e. The van der Waals surface area contributed by atoms with Crippen molar-refractivity contribution in [2.75, 3.05) is 20.3 Å². The number of rotatable bonds is 10. The van der Waals surface area contributed by atoms with Gasteiger partial charge in [-0.05, 0) is 40.2 Å². The average molecular weight is 472 g/mol. The summed E-state index contributed by atoms with van der Waals surface area (Å²) in [6, 6.07) is 3.65. The van der Waals surface area contributed by atoms with Crippen LogP contribution in [0, 0.1) is 0 Å². The molecule has 0 bridgehead atoms. The molecule has 8 nitrogen and oxygen atoms in total. The van der Waals surface area contributed by atoms with Gasteiger partial charge in [0.2, 0.25) is 0 Å². The number of nitrogens with zero attached hydrogens (tertiary/aromatic N) is 5. The lowest BCUT2D eigenvalue weighted by Crippen LogP contribution is -2.39. The van der Waals surface area contributed by atoms with Crippen LogP contribution in [-0.4, -0.2) is 53.1 Å². The second-order valence-corrected chi connectivity index (χ2v) is 10.8. The van der Waals surface area contributed by atoms with E-state index in [9.17, 15) is 4.21 Å². The molecule has 9 heteroatoms. The number of imidazole rings is 1. The van der Waals surface area contributed by atoms with E-state index in [-0.39, 0.29) is 10.8 Å². The fourth-order valence-corrected chi connectivity index (χ4v) is 4.80. The normalized spacial score (nSPS) is 13.8. The van der Waals surface area contributed by atoms with Gasteiger partial charge in [-0.15, -0.1) is 6.58 Å². The van der Waals surface area contributed by atoms with E-state index in [4.69, 9.17) is 14.6 Å². The third-order valence-electron chi connectivity index (χ3n) is 5.20. The van der Waals surface area contributed by atoms with Crippen molar-refractivity contribution in [2.24, 2.45) is 0 Å². The van der Waals surface area contributed by atoms with Crippen molar-refractivity contribution < 1.29 is 13.7 Å². The summed E-state index contributed by atoms with van der Waals surface area (Å²) in [5, 5.41) is 4.72. The van der Waals surface area contributed by atoms with E-state index in [2.05, 4.69) is 16.5 Å². The van der Waals surface area contributed by atoms with Gasteiger partial charge in [-0.25, -0.2) is 18.0 Å². The Morgan fingerprint density at radius 1 is 1.27 bits per heavy atom. The highest BCUT2D eigenvalue weighted by atomic mass is 32.2. The van der Waals surface area contributed by atoms with Gasteiger partial charge in [0.1, 0.15) is 16.7 Å². The molecule has 3 rings (SSSR count). The van der Waals surface area contributed by atoms with Crippen LogP contribution in [0.15, 0.2) is 43.4 Å². The van der Waals surface area contributed by atoms with Crippen LogP contribution in [0.5, 0.6) is 11.5 Å². The van der Waals surface area contributed by atoms with E-state index in [0.29, 0.717) is 36.0 Å². The van der Waals surface area contributed by atoms with Crippen molar-refractivity contribution in [3.05, 3.63) is 49.1 Å². The minimum Gasteiger partial charge on any atom is -0.494 e. The lowest BCUT2D eigenvalue weighted by molar-refractivity contribution is 0.326. The third-order valence-corrected chi connectivity index (χ3v) is 7.25. The van der Waals surface area contributed by atoms with Gasteiger partial charge in [0.05, 0.1) is 42.1 Å². The number of hydrogen-bond acceptors (Lipinski definition) is 6. The number of hydrogen-bond donors (Lipinski definition) is 0. The van der Waals surface area contributed by atoms with Crippen molar-refractivity contribution >= 4 is 16.6 Å². The number of methoxy groups -OCH3 is 1. The monoisotopic (exact) mass is 471 g/mol. The third kappa shape index (κ3) is 5.42. The first-order valence-corrected chi connectivity index (χ1v) is 12.1. The molecule has 0 saturated carbocycles. The Kier molecular flexibility index (Phi) is 7.86. The SMILES string of the molecule is C=CCCOc1cc(-c2cc([C@@H](C)N(CC)S(=O)C(C)(C)C)ncc2OC)nn2ccnc12. The maximum atomic E-state index is 13.1. The zero-order valence-corrected chi connectivity index (χ0v) is 21.1. The highest BCUT2D eigenvalue weighted by Gasteiger charge is 2.30. The first-order valence-electron chi connectivity index (χ1n) is 11.0. The molecule has 3 aromatic heterocycles. The topological polar surface area (TPSA) is 81.8 Å². The number of aromatic nitrogens is 4. The van der Waals surface area contributed by atoms with Crippen LogP contribution in [-0.2, 0) is 11.0 Å². The summed E-state index contributed by atoms with van der Waals surface area (Å²) in [5.41, 5.74) is 2.87. The number of ether oxygens (including phenoxy) is 2. The fourth-order valence-electron chi connectivity index (χ4n) is 3.46. The summed E-state index contributed by atoms with van der Waals surface area (Å²) in [4.78, 5) is 8.98. The molecule has 0 aromatic carbocycles. The van der Waals surface area contributed by atoms with Gasteiger partial charge in [0.25, 0.3) is 0 Å². The van der Waals surface area contributed by atoms with E-state index in [1.54, 1.807) is 30.2 Å². The second kappa shape index (κ2) is 10.4. The van der Waals surface area contributed by atoms with Gasteiger partial charge in [0, 0.05) is 30.6 Å². The van der Waals surface area contributed by atoms with E-state index in [0.717, 1.165) is 17.7 Å². The van der Waals surface area contributed by atoms with Crippen LogP contribution >= 0.6 is 0 Å². The highest BCUT2D eigenvalue weighted by molar-refractivity contribution is 7.84. The van der Waals surface area contributed by atoms with Gasteiger partial charge >= 0.3 is 0 Å². The molecule has 33 heavy (non-hydrogen) atoms. The molecule has 178 valence electrons. The highest BCUT2D eigenvalue weighted by Crippen LogP contribution is 2.34. The molecule has 0 spiro atoms. The minimum absolute atomic E-state index is 0.167. The summed E-state index contributed by atoms with van der Waals surface area (Å²) in [5.74, 6) is 1.22. The molecule has 0 aliphatic heterocycles. The summed E-state index contributed by atoms with van der Waals surface area (Å²) in [6.07, 6.45) is 7.69. The average Bonchev–Trinajstić information content (AvgIpc) is 3.27. The quantitative estimate of drug-likeness (QED) is 0.317. The molecule has 1 unspecified atom stereocenters. The van der Waals surface area contributed by atoms with Crippen LogP contribution in [0.2, 0.25) is 0 Å². The molecular weight excluding hydrogens is 438 g/mol. The first kappa shape index (κ1) is 24.9. The molecule has 0 saturated heterocycles.